The van der Waals surface area contributed by atoms with E-state index >= 15 is 0 Å². The van der Waals surface area contributed by atoms with Gasteiger partial charge in [-0.15, -0.1) is 0 Å². The molecule has 0 spiro atoms. The average Bonchev–Trinajstić information content (AvgIpc) is 1.88. The van der Waals surface area contributed by atoms with Crippen LogP contribution in [0.2, 0.25) is 0 Å². The lowest BCUT2D eigenvalue weighted by molar-refractivity contribution is 0.229. The first-order valence-electron chi connectivity index (χ1n) is 2.75. The van der Waals surface area contributed by atoms with Gasteiger partial charge in [-0.25, -0.2) is 0 Å². The number of hydrogen-bond donors (Lipinski definition) is 0. The van der Waals surface area contributed by atoms with Crippen molar-refractivity contribution >= 4 is 11.6 Å². The minimum atomic E-state index is 0.731. The first kappa shape index (κ1) is 6.84. The molecular formula is C7H8ClO. The second-order valence-corrected chi connectivity index (χ2v) is 2.31. The van der Waals surface area contributed by atoms with Gasteiger partial charge in [-0.1, -0.05) is 17.7 Å². The molecule has 0 heterocycles. The highest BCUT2D eigenvalue weighted by atomic mass is 35.5. The molecule has 1 rings (SSSR count). The van der Waals surface area contributed by atoms with Gasteiger partial charge in [-0.05, 0) is 12.2 Å². The monoisotopic (exact) mass is 143 g/mol. The van der Waals surface area contributed by atoms with E-state index in [1.807, 2.05) is 18.2 Å². The van der Waals surface area contributed by atoms with Gasteiger partial charge in [0, 0.05) is 18.6 Å². The quantitative estimate of drug-likeness (QED) is 0.547. The number of methoxy groups -OCH3 is 1. The first-order chi connectivity index (χ1) is 4.33. The molecule has 49 valence electrons. The lowest BCUT2D eigenvalue weighted by atomic mass is 10.1. The maximum atomic E-state index is 5.70. The Morgan fingerprint density at radius 3 is 2.89 bits per heavy atom. The van der Waals surface area contributed by atoms with E-state index < -0.39 is 0 Å². The molecule has 0 saturated carbocycles. The van der Waals surface area contributed by atoms with Crippen molar-refractivity contribution in [2.45, 2.75) is 6.42 Å². The Balaban J connectivity index is 2.51. The zero-order valence-electron chi connectivity index (χ0n) is 5.23. The maximum absolute atomic E-state index is 5.70. The largest absolute Gasteiger partial charge is 0.370 e. The smallest absolute Gasteiger partial charge is 0.124 e. The van der Waals surface area contributed by atoms with Gasteiger partial charge in [0.2, 0.25) is 0 Å². The van der Waals surface area contributed by atoms with Crippen molar-refractivity contribution < 1.29 is 4.74 Å². The molecule has 0 aromatic carbocycles. The van der Waals surface area contributed by atoms with Crippen LogP contribution in [0.5, 0.6) is 0 Å². The van der Waals surface area contributed by atoms with E-state index in [-0.39, 0.29) is 0 Å². The number of ether oxygens (including phenoxy) is 1. The van der Waals surface area contributed by atoms with E-state index in [9.17, 15) is 0 Å². The van der Waals surface area contributed by atoms with Crippen LogP contribution in [0.25, 0.3) is 0 Å². The van der Waals surface area contributed by atoms with Gasteiger partial charge in [0.05, 0.1) is 0 Å². The molecule has 0 saturated heterocycles. The molecule has 1 aliphatic carbocycles. The first-order valence-corrected chi connectivity index (χ1v) is 3.13. The Hall–Kier alpha value is -0.270. The molecule has 2 heteroatoms. The molecule has 1 nitrogen and oxygen atoms in total. The molecule has 0 bridgehead atoms. The van der Waals surface area contributed by atoms with E-state index in [0.717, 1.165) is 17.6 Å². The molecule has 1 aliphatic rings. The van der Waals surface area contributed by atoms with Crippen molar-refractivity contribution in [1.29, 1.82) is 0 Å². The number of allylic oxidation sites excluding steroid dienone is 2. The topological polar surface area (TPSA) is 9.23 Å². The lowest BCUT2D eigenvalue weighted by Crippen LogP contribution is -1.98. The van der Waals surface area contributed by atoms with Crippen LogP contribution in [0.15, 0.2) is 23.3 Å². The molecule has 1 radical (unpaired) electrons. The van der Waals surface area contributed by atoms with Crippen molar-refractivity contribution in [2.24, 2.45) is 0 Å². The fourth-order valence-electron chi connectivity index (χ4n) is 0.684. The Morgan fingerprint density at radius 1 is 1.67 bits per heavy atom. The van der Waals surface area contributed by atoms with Crippen molar-refractivity contribution in [3.8, 4) is 0 Å². The Kier molecular flexibility index (Phi) is 2.31. The molecular weight excluding hydrogens is 136 g/mol. The van der Waals surface area contributed by atoms with Gasteiger partial charge in [-0.2, -0.15) is 0 Å². The third kappa shape index (κ3) is 1.84. The second-order valence-electron chi connectivity index (χ2n) is 1.82. The van der Waals surface area contributed by atoms with Gasteiger partial charge < -0.3 is 4.74 Å². The molecule has 9 heavy (non-hydrogen) atoms. The van der Waals surface area contributed by atoms with Crippen LogP contribution in [0, 0.1) is 6.10 Å². The van der Waals surface area contributed by atoms with Crippen LogP contribution in [-0.2, 0) is 4.74 Å². The molecule has 0 aliphatic heterocycles. The summed E-state index contributed by atoms with van der Waals surface area (Å²) in [5, 5.41) is 0.828. The predicted octanol–water partition coefficient (Wildman–Crippen LogP) is 2.25. The van der Waals surface area contributed by atoms with E-state index in [1.54, 1.807) is 7.11 Å². The summed E-state index contributed by atoms with van der Waals surface area (Å²) in [7, 11) is 1.65. The summed E-state index contributed by atoms with van der Waals surface area (Å²) in [5.41, 5.74) is 0. The van der Waals surface area contributed by atoms with E-state index in [1.165, 1.54) is 0 Å². The van der Waals surface area contributed by atoms with Crippen LogP contribution < -0.4 is 0 Å². The summed E-state index contributed by atoms with van der Waals surface area (Å²) >= 11 is 5.70. The van der Waals surface area contributed by atoms with Gasteiger partial charge >= 0.3 is 0 Å². The number of rotatable bonds is 1. The zero-order chi connectivity index (χ0) is 6.69. The average molecular weight is 144 g/mol. The molecule has 0 fully saturated rings. The highest BCUT2D eigenvalue weighted by molar-refractivity contribution is 6.29. The fourth-order valence-corrected chi connectivity index (χ4v) is 0.889. The fraction of sp³-hybridized carbons (Fsp3) is 0.286. The molecule has 0 aromatic heterocycles. The highest BCUT2D eigenvalue weighted by Crippen LogP contribution is 2.22. The summed E-state index contributed by atoms with van der Waals surface area (Å²) in [6, 6.07) is 0. The molecule has 0 N–H and O–H groups in total. The Morgan fingerprint density at radius 2 is 2.44 bits per heavy atom. The molecule has 0 aromatic rings. The SMILES string of the molecule is CO[C]1C=CC=C(Cl)C1. The van der Waals surface area contributed by atoms with Gasteiger partial charge in [0.1, 0.15) is 6.10 Å². The van der Waals surface area contributed by atoms with Crippen molar-refractivity contribution in [2.75, 3.05) is 7.11 Å². The number of halogens is 1. The van der Waals surface area contributed by atoms with Crippen LogP contribution in [0.3, 0.4) is 0 Å². The van der Waals surface area contributed by atoms with Gasteiger partial charge in [-0.3, -0.25) is 0 Å². The zero-order valence-corrected chi connectivity index (χ0v) is 5.98. The van der Waals surface area contributed by atoms with Crippen molar-refractivity contribution in [3.05, 3.63) is 29.4 Å². The van der Waals surface area contributed by atoms with Crippen LogP contribution in [0.1, 0.15) is 6.42 Å². The normalized spacial score (nSPS) is 20.0. The Bertz CT molecular complexity index is 149. The Labute approximate surface area is 60.0 Å². The van der Waals surface area contributed by atoms with Crippen LogP contribution >= 0.6 is 11.6 Å². The summed E-state index contributed by atoms with van der Waals surface area (Å²) in [4.78, 5) is 0. The highest BCUT2D eigenvalue weighted by Gasteiger charge is 2.08. The van der Waals surface area contributed by atoms with Crippen molar-refractivity contribution in [1.82, 2.24) is 0 Å². The molecule has 0 amide bonds. The summed E-state index contributed by atoms with van der Waals surface area (Å²) in [6.07, 6.45) is 7.30. The van der Waals surface area contributed by atoms with Crippen LogP contribution in [0.4, 0.5) is 0 Å². The standard InChI is InChI=1S/C7H8ClO/c1-9-7-4-2-3-6(8)5-7/h2-4H,5H2,1H3. The summed E-state index contributed by atoms with van der Waals surface area (Å²) in [6.45, 7) is 0. The predicted molar refractivity (Wildman–Crippen MR) is 37.9 cm³/mol. The second kappa shape index (κ2) is 3.04. The van der Waals surface area contributed by atoms with E-state index in [0.29, 0.717) is 0 Å². The van der Waals surface area contributed by atoms with Gasteiger partial charge in [0.25, 0.3) is 0 Å². The van der Waals surface area contributed by atoms with E-state index in [2.05, 4.69) is 0 Å². The minimum Gasteiger partial charge on any atom is -0.370 e. The molecule has 0 atom stereocenters. The van der Waals surface area contributed by atoms with Crippen LogP contribution in [-0.4, -0.2) is 7.11 Å². The maximum Gasteiger partial charge on any atom is 0.124 e. The summed E-state index contributed by atoms with van der Waals surface area (Å²) < 4.78 is 4.97. The minimum absolute atomic E-state index is 0.731. The number of hydrogen-bond acceptors (Lipinski definition) is 1. The van der Waals surface area contributed by atoms with Crippen molar-refractivity contribution in [3.63, 3.8) is 0 Å². The summed E-state index contributed by atoms with van der Waals surface area (Å²) in [5.74, 6) is 0. The third-order valence-electron chi connectivity index (χ3n) is 1.16. The third-order valence-corrected chi connectivity index (χ3v) is 1.42. The molecule has 0 unspecified atom stereocenters. The lowest BCUT2D eigenvalue weighted by Gasteiger charge is -2.10. The van der Waals surface area contributed by atoms with Gasteiger partial charge in [0.15, 0.2) is 0 Å². The van der Waals surface area contributed by atoms with E-state index in [4.69, 9.17) is 16.3 Å².